The van der Waals surface area contributed by atoms with Crippen molar-refractivity contribution in [2.24, 2.45) is 0 Å². The van der Waals surface area contributed by atoms with Crippen molar-refractivity contribution in [3.8, 4) is 22.6 Å². The summed E-state index contributed by atoms with van der Waals surface area (Å²) in [6.07, 6.45) is 2.26. The molecule has 1 heterocycles. The van der Waals surface area contributed by atoms with Gasteiger partial charge in [0.1, 0.15) is 28.7 Å². The van der Waals surface area contributed by atoms with Crippen LogP contribution in [0.3, 0.4) is 0 Å². The predicted molar refractivity (Wildman–Crippen MR) is 97.6 cm³/mol. The number of benzene rings is 2. The van der Waals surface area contributed by atoms with Crippen molar-refractivity contribution in [2.75, 3.05) is 13.4 Å². The minimum Gasteiger partial charge on any atom is -0.496 e. The van der Waals surface area contributed by atoms with E-state index in [9.17, 15) is 13.2 Å². The molecule has 0 saturated carbocycles. The highest BCUT2D eigenvalue weighted by Crippen LogP contribution is 2.31. The van der Waals surface area contributed by atoms with Gasteiger partial charge in [-0.05, 0) is 17.7 Å². The zero-order chi connectivity index (χ0) is 18.2. The summed E-state index contributed by atoms with van der Waals surface area (Å²) in [4.78, 5) is 12.9. The van der Waals surface area contributed by atoms with Crippen LogP contribution < -0.4 is 14.3 Å². The van der Waals surface area contributed by atoms with Gasteiger partial charge in [-0.15, -0.1) is 0 Å². The first-order chi connectivity index (χ1) is 11.8. The molecule has 0 unspecified atom stereocenters. The third-order valence-electron chi connectivity index (χ3n) is 3.44. The van der Waals surface area contributed by atoms with Gasteiger partial charge in [-0.2, -0.15) is 8.42 Å². The number of ether oxygens (including phenoxy) is 1. The molecule has 0 atom stereocenters. The van der Waals surface area contributed by atoms with Crippen molar-refractivity contribution in [1.82, 2.24) is 0 Å². The second-order valence-electron chi connectivity index (χ2n) is 5.27. The fourth-order valence-corrected chi connectivity index (χ4v) is 3.12. The minimum absolute atomic E-state index is 0.00592. The molecule has 0 N–H and O–H groups in total. The van der Waals surface area contributed by atoms with Crippen molar-refractivity contribution in [1.29, 1.82) is 0 Å². The summed E-state index contributed by atoms with van der Waals surface area (Å²) < 4.78 is 39.1. The normalized spacial score (nSPS) is 11.5. The van der Waals surface area contributed by atoms with Crippen LogP contribution >= 0.6 is 15.9 Å². The smallest absolute Gasteiger partial charge is 0.306 e. The lowest BCUT2D eigenvalue weighted by Gasteiger charge is -2.09. The molecule has 3 rings (SSSR count). The van der Waals surface area contributed by atoms with Gasteiger partial charge >= 0.3 is 10.1 Å². The quantitative estimate of drug-likeness (QED) is 0.595. The maximum Gasteiger partial charge on any atom is 0.306 e. The fourth-order valence-electron chi connectivity index (χ4n) is 2.41. The van der Waals surface area contributed by atoms with Gasteiger partial charge in [0.05, 0.1) is 18.9 Å². The van der Waals surface area contributed by atoms with E-state index in [1.807, 2.05) is 12.1 Å². The minimum atomic E-state index is -3.72. The van der Waals surface area contributed by atoms with Gasteiger partial charge in [-0.3, -0.25) is 4.79 Å². The number of hydrogen-bond acceptors (Lipinski definition) is 6. The topological polar surface area (TPSA) is 82.8 Å². The molecule has 0 radical (unpaired) electrons. The lowest BCUT2D eigenvalue weighted by atomic mass is 10.1. The van der Waals surface area contributed by atoms with Crippen molar-refractivity contribution in [3.05, 3.63) is 57.4 Å². The van der Waals surface area contributed by atoms with Crippen molar-refractivity contribution < 1.29 is 21.8 Å². The molecule has 6 nitrogen and oxygen atoms in total. The van der Waals surface area contributed by atoms with E-state index in [2.05, 4.69) is 15.9 Å². The Hall–Kier alpha value is -2.32. The van der Waals surface area contributed by atoms with Crippen LogP contribution in [-0.4, -0.2) is 21.8 Å². The molecule has 0 amide bonds. The van der Waals surface area contributed by atoms with E-state index >= 15 is 0 Å². The van der Waals surface area contributed by atoms with E-state index in [0.717, 1.165) is 10.7 Å². The van der Waals surface area contributed by atoms with Crippen LogP contribution in [0.5, 0.6) is 11.5 Å². The van der Waals surface area contributed by atoms with E-state index in [-0.39, 0.29) is 27.9 Å². The molecule has 130 valence electrons. The van der Waals surface area contributed by atoms with Gasteiger partial charge < -0.3 is 13.3 Å². The second kappa shape index (κ2) is 6.53. The van der Waals surface area contributed by atoms with Crippen LogP contribution in [0, 0.1) is 0 Å². The zero-order valence-electron chi connectivity index (χ0n) is 13.3. The van der Waals surface area contributed by atoms with Gasteiger partial charge in [0.25, 0.3) is 0 Å². The Balaban J connectivity index is 2.23. The van der Waals surface area contributed by atoms with E-state index in [1.165, 1.54) is 25.5 Å². The monoisotopic (exact) mass is 424 g/mol. The molecule has 8 heteroatoms. The first-order valence-corrected chi connectivity index (χ1v) is 9.68. The largest absolute Gasteiger partial charge is 0.496 e. The van der Waals surface area contributed by atoms with Gasteiger partial charge in [0.15, 0.2) is 0 Å². The molecule has 0 bridgehead atoms. The van der Waals surface area contributed by atoms with Crippen LogP contribution in [-0.2, 0) is 10.1 Å². The first-order valence-electron chi connectivity index (χ1n) is 7.07. The third-order valence-corrected chi connectivity index (χ3v) is 4.46. The van der Waals surface area contributed by atoms with Crippen molar-refractivity contribution in [3.63, 3.8) is 0 Å². The van der Waals surface area contributed by atoms with Gasteiger partial charge in [0.2, 0.25) is 5.43 Å². The van der Waals surface area contributed by atoms with Crippen molar-refractivity contribution >= 4 is 37.0 Å². The van der Waals surface area contributed by atoms with Crippen LogP contribution in [0.25, 0.3) is 22.1 Å². The highest BCUT2D eigenvalue weighted by atomic mass is 79.9. The first kappa shape index (κ1) is 17.5. The van der Waals surface area contributed by atoms with Crippen LogP contribution in [0.15, 0.2) is 56.3 Å². The molecule has 2 aromatic carbocycles. The Bertz CT molecular complexity index is 1100. The summed E-state index contributed by atoms with van der Waals surface area (Å²) in [5, 5.41) is 0.212. The van der Waals surface area contributed by atoms with Crippen molar-refractivity contribution in [2.45, 2.75) is 0 Å². The van der Waals surface area contributed by atoms with Gasteiger partial charge in [0, 0.05) is 16.6 Å². The molecule has 0 aliphatic heterocycles. The zero-order valence-corrected chi connectivity index (χ0v) is 15.7. The Morgan fingerprint density at radius 3 is 2.40 bits per heavy atom. The summed E-state index contributed by atoms with van der Waals surface area (Å²) in [5.41, 5.74) is 0.947. The fraction of sp³-hybridized carbons (Fsp3) is 0.118. The van der Waals surface area contributed by atoms with E-state index in [1.54, 1.807) is 12.1 Å². The SMILES string of the molecule is COc1cc(OS(C)(=O)=O)cc2occ(-c3ccc(Br)cc3)c(=O)c12. The summed E-state index contributed by atoms with van der Waals surface area (Å²) in [6, 6.07) is 9.89. The highest BCUT2D eigenvalue weighted by molar-refractivity contribution is 9.10. The predicted octanol–water partition coefficient (Wildman–Crippen LogP) is 3.57. The average Bonchev–Trinajstić information content (AvgIpc) is 2.54. The summed E-state index contributed by atoms with van der Waals surface area (Å²) >= 11 is 3.35. The van der Waals surface area contributed by atoms with Crippen LogP contribution in [0.2, 0.25) is 0 Å². The summed E-state index contributed by atoms with van der Waals surface area (Å²) in [6.45, 7) is 0. The summed E-state index contributed by atoms with van der Waals surface area (Å²) in [5.74, 6) is 0.176. The van der Waals surface area contributed by atoms with Crippen LogP contribution in [0.1, 0.15) is 0 Å². The van der Waals surface area contributed by atoms with E-state index in [0.29, 0.717) is 11.1 Å². The molecule has 0 aliphatic carbocycles. The molecule has 0 spiro atoms. The Morgan fingerprint density at radius 2 is 1.80 bits per heavy atom. The molecule has 0 fully saturated rings. The number of hydrogen-bond donors (Lipinski definition) is 0. The highest BCUT2D eigenvalue weighted by Gasteiger charge is 2.17. The molecule has 0 aliphatic rings. The standard InChI is InChI=1S/C17H13BrO6S/c1-22-14-7-12(24-25(2,20)21)8-15-16(14)17(19)13(9-23-15)10-3-5-11(18)6-4-10/h3-9H,1-2H3. The number of halogens is 1. The maximum absolute atomic E-state index is 12.9. The Morgan fingerprint density at radius 1 is 1.12 bits per heavy atom. The van der Waals surface area contributed by atoms with Gasteiger partial charge in [-0.25, -0.2) is 0 Å². The van der Waals surface area contributed by atoms with E-state index in [4.69, 9.17) is 13.3 Å². The average molecular weight is 425 g/mol. The van der Waals surface area contributed by atoms with Gasteiger partial charge in [-0.1, -0.05) is 28.1 Å². The molecular weight excluding hydrogens is 412 g/mol. The van der Waals surface area contributed by atoms with E-state index < -0.39 is 10.1 Å². The Kier molecular flexibility index (Phi) is 4.57. The molecule has 1 aromatic heterocycles. The number of rotatable bonds is 4. The molecule has 3 aromatic rings. The lowest BCUT2D eigenvalue weighted by Crippen LogP contribution is -2.09. The molecule has 0 saturated heterocycles. The second-order valence-corrected chi connectivity index (χ2v) is 7.76. The summed E-state index contributed by atoms with van der Waals surface area (Å²) in [7, 11) is -2.34. The third kappa shape index (κ3) is 3.69. The Labute approximate surface area is 152 Å². The molecule has 25 heavy (non-hydrogen) atoms. The number of methoxy groups -OCH3 is 1. The lowest BCUT2D eigenvalue weighted by molar-refractivity contribution is 0.415. The molecular formula is C17H13BrO6S. The maximum atomic E-state index is 12.9. The van der Waals surface area contributed by atoms with Crippen LogP contribution in [0.4, 0.5) is 0 Å². The number of fused-ring (bicyclic) bond motifs is 1.